The molecule has 21 heavy (non-hydrogen) atoms. The normalized spacial score (nSPS) is 12.9. The van der Waals surface area contributed by atoms with Crippen LogP contribution in [0.1, 0.15) is 17.2 Å². The maximum atomic E-state index is 11.5. The first-order valence-electron chi connectivity index (χ1n) is 6.42. The van der Waals surface area contributed by atoms with Gasteiger partial charge in [-0.2, -0.15) is 0 Å². The molecule has 1 unspecified atom stereocenters. The van der Waals surface area contributed by atoms with Crippen LogP contribution in [-0.4, -0.2) is 33.8 Å². The molecule has 6 heteroatoms. The summed E-state index contributed by atoms with van der Waals surface area (Å²) in [6, 6.07) is 8.65. The van der Waals surface area contributed by atoms with Crippen LogP contribution < -0.4 is 10.1 Å². The highest BCUT2D eigenvalue weighted by Gasteiger charge is 2.14. The van der Waals surface area contributed by atoms with Crippen LogP contribution >= 0.6 is 0 Å². The van der Waals surface area contributed by atoms with E-state index in [1.807, 2.05) is 13.1 Å². The number of benzene rings is 1. The summed E-state index contributed by atoms with van der Waals surface area (Å²) in [5.74, 6) is 0.681. The number of aromatic nitrogens is 1. The van der Waals surface area contributed by atoms with Crippen molar-refractivity contribution in [1.29, 1.82) is 0 Å². The Morgan fingerprint density at radius 2 is 1.81 bits per heavy atom. The van der Waals surface area contributed by atoms with Gasteiger partial charge in [-0.3, -0.25) is 4.98 Å². The van der Waals surface area contributed by atoms with E-state index < -0.39 is 9.84 Å². The topological polar surface area (TPSA) is 68.3 Å². The van der Waals surface area contributed by atoms with Gasteiger partial charge in [0.25, 0.3) is 0 Å². The number of nitrogens with one attached hydrogen (secondary N) is 1. The summed E-state index contributed by atoms with van der Waals surface area (Å²) >= 11 is 0. The quantitative estimate of drug-likeness (QED) is 0.912. The highest BCUT2D eigenvalue weighted by atomic mass is 32.2. The average Bonchev–Trinajstić information content (AvgIpc) is 2.48. The zero-order chi connectivity index (χ0) is 15.5. The van der Waals surface area contributed by atoms with Crippen molar-refractivity contribution in [2.45, 2.75) is 10.9 Å². The van der Waals surface area contributed by atoms with E-state index in [0.29, 0.717) is 10.6 Å². The van der Waals surface area contributed by atoms with Crippen molar-refractivity contribution in [2.24, 2.45) is 0 Å². The minimum absolute atomic E-state index is 0.0822. The van der Waals surface area contributed by atoms with Crippen molar-refractivity contribution in [2.75, 3.05) is 20.4 Å². The smallest absolute Gasteiger partial charge is 0.175 e. The Labute approximate surface area is 124 Å². The molecule has 1 aromatic heterocycles. The molecular formula is C15H18N2O3S. The SMILES string of the molecule is CNC(c1ccc(S(C)(=O)=O)cc1)c1cncc(OC)c1. The van der Waals surface area contributed by atoms with Gasteiger partial charge in [0, 0.05) is 12.5 Å². The molecule has 1 heterocycles. The minimum Gasteiger partial charge on any atom is -0.495 e. The molecule has 1 aromatic carbocycles. The maximum absolute atomic E-state index is 11.5. The fourth-order valence-corrected chi connectivity index (χ4v) is 2.77. The number of pyridine rings is 1. The van der Waals surface area contributed by atoms with Crippen molar-refractivity contribution in [3.63, 3.8) is 0 Å². The van der Waals surface area contributed by atoms with Crippen LogP contribution in [0.25, 0.3) is 0 Å². The lowest BCUT2D eigenvalue weighted by molar-refractivity contribution is 0.411. The highest BCUT2D eigenvalue weighted by Crippen LogP contribution is 2.25. The van der Waals surface area contributed by atoms with E-state index in [0.717, 1.165) is 11.1 Å². The van der Waals surface area contributed by atoms with Gasteiger partial charge in [-0.1, -0.05) is 12.1 Å². The molecule has 0 saturated carbocycles. The van der Waals surface area contributed by atoms with Crippen LogP contribution in [0.3, 0.4) is 0 Å². The van der Waals surface area contributed by atoms with Gasteiger partial charge in [0.15, 0.2) is 9.84 Å². The first kappa shape index (κ1) is 15.5. The van der Waals surface area contributed by atoms with E-state index in [-0.39, 0.29) is 6.04 Å². The molecule has 0 aliphatic heterocycles. The lowest BCUT2D eigenvalue weighted by Crippen LogP contribution is -2.18. The summed E-state index contributed by atoms with van der Waals surface area (Å²) in [6.07, 6.45) is 4.60. The summed E-state index contributed by atoms with van der Waals surface area (Å²) in [4.78, 5) is 4.46. The number of methoxy groups -OCH3 is 1. The maximum Gasteiger partial charge on any atom is 0.175 e. The van der Waals surface area contributed by atoms with Crippen molar-refractivity contribution >= 4 is 9.84 Å². The van der Waals surface area contributed by atoms with Crippen LogP contribution in [0.5, 0.6) is 5.75 Å². The predicted octanol–water partition coefficient (Wildman–Crippen LogP) is 1.80. The molecule has 0 fully saturated rings. The molecule has 112 valence electrons. The fourth-order valence-electron chi connectivity index (χ4n) is 2.14. The average molecular weight is 306 g/mol. The molecule has 2 aromatic rings. The number of ether oxygens (including phenoxy) is 1. The summed E-state index contributed by atoms with van der Waals surface area (Å²) in [5, 5.41) is 3.20. The summed E-state index contributed by atoms with van der Waals surface area (Å²) in [7, 11) is 0.255. The number of sulfone groups is 1. The molecule has 0 saturated heterocycles. The van der Waals surface area contributed by atoms with Crippen molar-refractivity contribution in [3.05, 3.63) is 53.9 Å². The Kier molecular flexibility index (Phi) is 4.59. The van der Waals surface area contributed by atoms with E-state index in [4.69, 9.17) is 4.74 Å². The minimum atomic E-state index is -3.18. The largest absolute Gasteiger partial charge is 0.495 e. The monoisotopic (exact) mass is 306 g/mol. The summed E-state index contributed by atoms with van der Waals surface area (Å²) in [5.41, 5.74) is 1.91. The first-order chi connectivity index (χ1) is 9.95. The Balaban J connectivity index is 2.37. The second kappa shape index (κ2) is 6.24. The third-order valence-corrected chi connectivity index (χ3v) is 4.36. The van der Waals surface area contributed by atoms with Gasteiger partial charge in [0.2, 0.25) is 0 Å². The molecule has 0 radical (unpaired) electrons. The van der Waals surface area contributed by atoms with Crippen LogP contribution in [0.4, 0.5) is 0 Å². The third-order valence-electron chi connectivity index (χ3n) is 3.23. The van der Waals surface area contributed by atoms with E-state index >= 15 is 0 Å². The second-order valence-electron chi connectivity index (χ2n) is 4.72. The molecule has 0 bridgehead atoms. The Bertz CT molecular complexity index is 712. The molecule has 0 aliphatic carbocycles. The Morgan fingerprint density at radius 3 is 2.33 bits per heavy atom. The van der Waals surface area contributed by atoms with Gasteiger partial charge in [0.05, 0.1) is 24.2 Å². The van der Waals surface area contributed by atoms with Crippen molar-refractivity contribution in [3.8, 4) is 5.75 Å². The molecule has 5 nitrogen and oxygen atoms in total. The number of rotatable bonds is 5. The van der Waals surface area contributed by atoms with Crippen LogP contribution in [-0.2, 0) is 9.84 Å². The molecular weight excluding hydrogens is 288 g/mol. The number of nitrogens with zero attached hydrogens (tertiary/aromatic N) is 1. The molecule has 1 atom stereocenters. The summed E-state index contributed by atoms with van der Waals surface area (Å²) in [6.45, 7) is 0. The third kappa shape index (κ3) is 3.59. The van der Waals surface area contributed by atoms with Crippen molar-refractivity contribution in [1.82, 2.24) is 10.3 Å². The van der Waals surface area contributed by atoms with E-state index in [9.17, 15) is 8.42 Å². The zero-order valence-corrected chi connectivity index (χ0v) is 13.0. The van der Waals surface area contributed by atoms with Gasteiger partial charge in [0.1, 0.15) is 5.75 Å². The predicted molar refractivity (Wildman–Crippen MR) is 81.2 cm³/mol. The van der Waals surface area contributed by atoms with Crippen LogP contribution in [0.15, 0.2) is 47.6 Å². The van der Waals surface area contributed by atoms with Gasteiger partial charge in [-0.05, 0) is 36.4 Å². The van der Waals surface area contributed by atoms with Crippen molar-refractivity contribution < 1.29 is 13.2 Å². The summed E-state index contributed by atoms with van der Waals surface area (Å²) < 4.78 is 28.2. The van der Waals surface area contributed by atoms with Gasteiger partial charge in [-0.25, -0.2) is 8.42 Å². The van der Waals surface area contributed by atoms with E-state index in [1.54, 1.807) is 43.8 Å². The molecule has 0 spiro atoms. The zero-order valence-electron chi connectivity index (χ0n) is 12.2. The molecule has 0 amide bonds. The molecule has 1 N–H and O–H groups in total. The first-order valence-corrected chi connectivity index (χ1v) is 8.31. The fraction of sp³-hybridized carbons (Fsp3) is 0.267. The molecule has 2 rings (SSSR count). The Morgan fingerprint density at radius 1 is 1.14 bits per heavy atom. The highest BCUT2D eigenvalue weighted by molar-refractivity contribution is 7.90. The van der Waals surface area contributed by atoms with Gasteiger partial charge >= 0.3 is 0 Å². The number of hydrogen-bond acceptors (Lipinski definition) is 5. The van der Waals surface area contributed by atoms with Crippen LogP contribution in [0, 0.1) is 0 Å². The van der Waals surface area contributed by atoms with E-state index in [1.165, 1.54) is 6.26 Å². The second-order valence-corrected chi connectivity index (χ2v) is 6.74. The lowest BCUT2D eigenvalue weighted by Gasteiger charge is -2.17. The molecule has 0 aliphatic rings. The van der Waals surface area contributed by atoms with E-state index in [2.05, 4.69) is 10.3 Å². The van der Waals surface area contributed by atoms with Gasteiger partial charge in [-0.15, -0.1) is 0 Å². The van der Waals surface area contributed by atoms with Crippen LogP contribution in [0.2, 0.25) is 0 Å². The lowest BCUT2D eigenvalue weighted by atomic mass is 10.0. The van der Waals surface area contributed by atoms with Gasteiger partial charge < -0.3 is 10.1 Å². The Hall–Kier alpha value is -1.92. The number of hydrogen-bond donors (Lipinski definition) is 1. The standard InChI is InChI=1S/C15H18N2O3S/c1-16-15(12-8-13(20-2)10-17-9-12)11-4-6-14(7-5-11)21(3,18)19/h4-10,15-16H,1-3H3.